The molecule has 6 heteroatoms. The van der Waals surface area contributed by atoms with Crippen LogP contribution in [0.25, 0.3) is 0 Å². The predicted octanol–water partition coefficient (Wildman–Crippen LogP) is 2.59. The highest BCUT2D eigenvalue weighted by Gasteiger charge is 2.31. The Kier molecular flexibility index (Phi) is 3.19. The van der Waals surface area contributed by atoms with Crippen molar-refractivity contribution < 1.29 is 13.2 Å². The first kappa shape index (κ1) is 12.7. The van der Waals surface area contributed by atoms with Crippen LogP contribution in [0.5, 0.6) is 0 Å². The maximum atomic E-state index is 12.6. The van der Waals surface area contributed by atoms with Crippen LogP contribution in [-0.2, 0) is 6.18 Å². The number of hydrogen-bond donors (Lipinski definition) is 2. The molecule has 0 spiro atoms. The third-order valence-electron chi connectivity index (χ3n) is 3.06. The average molecular weight is 257 g/mol. The van der Waals surface area contributed by atoms with Gasteiger partial charge in [-0.3, -0.25) is 5.41 Å². The van der Waals surface area contributed by atoms with Gasteiger partial charge in [0.05, 0.1) is 5.56 Å². The minimum Gasteiger partial charge on any atom is -0.384 e. The zero-order valence-electron chi connectivity index (χ0n) is 9.72. The number of alkyl halides is 3. The van der Waals surface area contributed by atoms with Gasteiger partial charge in [-0.05, 0) is 31.0 Å². The summed E-state index contributed by atoms with van der Waals surface area (Å²) in [5.74, 6) is -0.331. The molecular formula is C12H14F3N3. The first-order chi connectivity index (χ1) is 8.39. The van der Waals surface area contributed by atoms with Crippen molar-refractivity contribution in [1.82, 2.24) is 0 Å². The average Bonchev–Trinajstić information content (AvgIpc) is 2.80. The molecule has 1 aromatic rings. The molecule has 0 saturated carbocycles. The molecule has 0 aliphatic carbocycles. The highest BCUT2D eigenvalue weighted by Crippen LogP contribution is 2.33. The first-order valence-corrected chi connectivity index (χ1v) is 5.70. The van der Waals surface area contributed by atoms with Crippen LogP contribution in [-0.4, -0.2) is 18.9 Å². The van der Waals surface area contributed by atoms with Crippen molar-refractivity contribution >= 4 is 11.5 Å². The van der Waals surface area contributed by atoms with E-state index in [1.165, 1.54) is 6.07 Å². The van der Waals surface area contributed by atoms with E-state index < -0.39 is 11.7 Å². The van der Waals surface area contributed by atoms with Crippen LogP contribution >= 0.6 is 0 Å². The van der Waals surface area contributed by atoms with Gasteiger partial charge in [0, 0.05) is 24.3 Å². The third-order valence-corrected chi connectivity index (χ3v) is 3.06. The monoisotopic (exact) mass is 257 g/mol. The number of hydrogen-bond acceptors (Lipinski definition) is 2. The summed E-state index contributed by atoms with van der Waals surface area (Å²) in [6, 6.07) is 3.40. The van der Waals surface area contributed by atoms with Gasteiger partial charge in [0.1, 0.15) is 5.84 Å². The van der Waals surface area contributed by atoms with Gasteiger partial charge < -0.3 is 10.6 Å². The standard InChI is InChI=1S/C12H14F3N3/c13-12(14,15)8-3-4-10(9(7-8)11(16)17)18-5-1-2-6-18/h3-4,7H,1-2,5-6H2,(H3,16,17). The predicted molar refractivity (Wildman–Crippen MR) is 63.9 cm³/mol. The zero-order valence-corrected chi connectivity index (χ0v) is 9.72. The maximum Gasteiger partial charge on any atom is 0.416 e. The summed E-state index contributed by atoms with van der Waals surface area (Å²) in [6.07, 6.45) is -2.38. The molecule has 0 amide bonds. The van der Waals surface area contributed by atoms with Gasteiger partial charge in [0.25, 0.3) is 0 Å². The van der Waals surface area contributed by atoms with Gasteiger partial charge >= 0.3 is 6.18 Å². The zero-order chi connectivity index (χ0) is 13.3. The molecule has 1 aliphatic heterocycles. The van der Waals surface area contributed by atoms with Crippen molar-refractivity contribution in [1.29, 1.82) is 5.41 Å². The van der Waals surface area contributed by atoms with E-state index in [0.29, 0.717) is 5.69 Å². The fourth-order valence-corrected chi connectivity index (χ4v) is 2.16. The summed E-state index contributed by atoms with van der Waals surface area (Å²) in [4.78, 5) is 1.97. The summed E-state index contributed by atoms with van der Waals surface area (Å²) in [5, 5.41) is 7.43. The first-order valence-electron chi connectivity index (χ1n) is 5.70. The summed E-state index contributed by atoms with van der Waals surface area (Å²) >= 11 is 0. The van der Waals surface area contributed by atoms with Crippen molar-refractivity contribution in [3.8, 4) is 0 Å². The van der Waals surface area contributed by atoms with E-state index in [-0.39, 0.29) is 11.4 Å². The molecule has 1 heterocycles. The molecule has 1 aromatic carbocycles. The Balaban J connectivity index is 2.44. The minimum atomic E-state index is -4.41. The van der Waals surface area contributed by atoms with Crippen molar-refractivity contribution in [3.63, 3.8) is 0 Å². The highest BCUT2D eigenvalue weighted by atomic mass is 19.4. The number of nitrogen functional groups attached to an aromatic ring is 1. The van der Waals surface area contributed by atoms with Crippen LogP contribution in [0.4, 0.5) is 18.9 Å². The second-order valence-corrected chi connectivity index (χ2v) is 4.34. The number of nitrogens with two attached hydrogens (primary N) is 1. The Morgan fingerprint density at radius 1 is 1.22 bits per heavy atom. The molecule has 3 N–H and O–H groups in total. The van der Waals surface area contributed by atoms with Crippen molar-refractivity contribution in [2.45, 2.75) is 19.0 Å². The number of rotatable bonds is 2. The molecule has 0 aromatic heterocycles. The van der Waals surface area contributed by atoms with Crippen molar-refractivity contribution in [2.75, 3.05) is 18.0 Å². The Morgan fingerprint density at radius 2 is 1.83 bits per heavy atom. The van der Waals surface area contributed by atoms with Crippen LogP contribution < -0.4 is 10.6 Å². The minimum absolute atomic E-state index is 0.159. The quantitative estimate of drug-likeness (QED) is 0.632. The van der Waals surface area contributed by atoms with Crippen LogP contribution in [0, 0.1) is 5.41 Å². The smallest absolute Gasteiger partial charge is 0.384 e. The summed E-state index contributed by atoms with van der Waals surface area (Å²) < 4.78 is 37.8. The van der Waals surface area contributed by atoms with Crippen molar-refractivity contribution in [3.05, 3.63) is 29.3 Å². The lowest BCUT2D eigenvalue weighted by molar-refractivity contribution is -0.137. The molecular weight excluding hydrogens is 243 g/mol. The topological polar surface area (TPSA) is 53.1 Å². The van der Waals surface area contributed by atoms with E-state index in [1.54, 1.807) is 0 Å². The Hall–Kier alpha value is -1.72. The second kappa shape index (κ2) is 4.51. The molecule has 1 fully saturated rings. The van der Waals surface area contributed by atoms with Crippen molar-refractivity contribution in [2.24, 2.45) is 5.73 Å². The summed E-state index contributed by atoms with van der Waals surface area (Å²) in [5.41, 5.74) is 5.39. The van der Waals surface area contributed by atoms with Crippen LogP contribution in [0.3, 0.4) is 0 Å². The van der Waals surface area contributed by atoms with E-state index in [2.05, 4.69) is 0 Å². The van der Waals surface area contributed by atoms with Gasteiger partial charge in [0.15, 0.2) is 0 Å². The molecule has 3 nitrogen and oxygen atoms in total. The fraction of sp³-hybridized carbons (Fsp3) is 0.417. The van der Waals surface area contributed by atoms with Crippen LogP contribution in [0.1, 0.15) is 24.0 Å². The lowest BCUT2D eigenvalue weighted by Gasteiger charge is -2.22. The number of benzene rings is 1. The number of anilines is 1. The lowest BCUT2D eigenvalue weighted by Crippen LogP contribution is -2.23. The molecule has 0 unspecified atom stereocenters. The molecule has 0 atom stereocenters. The fourth-order valence-electron chi connectivity index (χ4n) is 2.16. The lowest BCUT2D eigenvalue weighted by atomic mass is 10.1. The molecule has 98 valence electrons. The Labute approximate surface area is 103 Å². The normalized spacial score (nSPS) is 16.1. The SMILES string of the molecule is N=C(N)c1cc(C(F)(F)F)ccc1N1CCCC1. The Morgan fingerprint density at radius 3 is 2.33 bits per heavy atom. The number of amidine groups is 1. The highest BCUT2D eigenvalue weighted by molar-refractivity contribution is 6.00. The molecule has 0 radical (unpaired) electrons. The van der Waals surface area contributed by atoms with Gasteiger partial charge in [-0.1, -0.05) is 0 Å². The second-order valence-electron chi connectivity index (χ2n) is 4.34. The van der Waals surface area contributed by atoms with Crippen LogP contribution in [0.15, 0.2) is 18.2 Å². The van der Waals surface area contributed by atoms with Gasteiger partial charge in [-0.15, -0.1) is 0 Å². The van der Waals surface area contributed by atoms with Gasteiger partial charge in [-0.25, -0.2) is 0 Å². The largest absolute Gasteiger partial charge is 0.416 e. The van der Waals surface area contributed by atoms with E-state index in [4.69, 9.17) is 11.1 Å². The number of halogens is 3. The third kappa shape index (κ3) is 2.42. The molecule has 18 heavy (non-hydrogen) atoms. The van der Waals surface area contributed by atoms with Gasteiger partial charge in [0.2, 0.25) is 0 Å². The summed E-state index contributed by atoms with van der Waals surface area (Å²) in [6.45, 7) is 1.59. The molecule has 0 bridgehead atoms. The molecule has 2 rings (SSSR count). The van der Waals surface area contributed by atoms with Gasteiger partial charge in [-0.2, -0.15) is 13.2 Å². The van der Waals surface area contributed by atoms with Crippen LogP contribution in [0.2, 0.25) is 0 Å². The molecule has 1 aliphatic rings. The van der Waals surface area contributed by atoms with E-state index >= 15 is 0 Å². The van der Waals surface area contributed by atoms with E-state index in [0.717, 1.165) is 38.1 Å². The summed E-state index contributed by atoms with van der Waals surface area (Å²) in [7, 11) is 0. The number of nitrogens with one attached hydrogen (secondary N) is 1. The molecule has 1 saturated heterocycles. The maximum absolute atomic E-state index is 12.6. The van der Waals surface area contributed by atoms with E-state index in [1.807, 2.05) is 4.90 Å². The number of nitrogens with zero attached hydrogens (tertiary/aromatic N) is 1. The van der Waals surface area contributed by atoms with E-state index in [9.17, 15) is 13.2 Å². The Bertz CT molecular complexity index is 462.